The fraction of sp³-hybridized carbons (Fsp3) is 0.333. The van der Waals surface area contributed by atoms with Crippen LogP contribution in [0.3, 0.4) is 0 Å². The number of allylic oxidation sites excluding steroid dienone is 2. The maximum atomic E-state index is 13.8. The van der Waals surface area contributed by atoms with E-state index in [4.69, 9.17) is 4.74 Å². The summed E-state index contributed by atoms with van der Waals surface area (Å²) >= 11 is 0. The average Bonchev–Trinajstić information content (AvgIpc) is 2.85. The molecule has 184 valence electrons. The van der Waals surface area contributed by atoms with E-state index in [-0.39, 0.29) is 39.7 Å². The lowest BCUT2D eigenvalue weighted by Crippen LogP contribution is -2.46. The third kappa shape index (κ3) is 2.96. The molecule has 0 amide bonds. The van der Waals surface area contributed by atoms with Crippen molar-refractivity contribution >= 4 is 21.8 Å². The number of hydrogen-bond acceptors (Lipinski definition) is 4. The fourth-order valence-electron chi connectivity index (χ4n) is 6.76. The van der Waals surface area contributed by atoms with Crippen molar-refractivity contribution < 1.29 is 9.84 Å². The Kier molecular flexibility index (Phi) is 4.78. The minimum atomic E-state index is -0.722. The second-order valence-corrected chi connectivity index (χ2v) is 11.0. The number of pyridine rings is 2. The fourth-order valence-corrected chi connectivity index (χ4v) is 6.76. The molecular weight excluding hydrogens is 452 g/mol. The largest absolute Gasteiger partial charge is 0.507 e. The first-order chi connectivity index (χ1) is 17.1. The Morgan fingerprint density at radius 3 is 2.11 bits per heavy atom. The van der Waals surface area contributed by atoms with Crippen LogP contribution in [-0.2, 0) is 14.1 Å². The molecule has 4 aromatic rings. The monoisotopic (exact) mass is 482 g/mol. The Labute approximate surface area is 209 Å². The zero-order valence-electron chi connectivity index (χ0n) is 21.2. The van der Waals surface area contributed by atoms with E-state index in [0.717, 1.165) is 17.3 Å². The molecule has 0 fully saturated rings. The lowest BCUT2D eigenvalue weighted by molar-refractivity contribution is 0.0156. The van der Waals surface area contributed by atoms with Crippen molar-refractivity contribution in [1.82, 2.24) is 9.13 Å². The number of aryl methyl sites for hydroxylation is 2. The number of aromatic nitrogens is 2. The van der Waals surface area contributed by atoms with Gasteiger partial charge in [0, 0.05) is 36.7 Å². The number of benzene rings is 2. The summed E-state index contributed by atoms with van der Waals surface area (Å²) in [6.07, 6.45) is 2.26. The molecule has 0 saturated carbocycles. The van der Waals surface area contributed by atoms with Gasteiger partial charge < -0.3 is 19.0 Å². The second kappa shape index (κ2) is 7.60. The Hall–Kier alpha value is -3.80. The molecule has 2 aliphatic rings. The van der Waals surface area contributed by atoms with E-state index in [1.165, 1.54) is 5.57 Å². The van der Waals surface area contributed by atoms with Crippen molar-refractivity contribution in [3.8, 4) is 11.5 Å². The van der Waals surface area contributed by atoms with Crippen molar-refractivity contribution in [2.45, 2.75) is 39.2 Å². The van der Waals surface area contributed by atoms with Gasteiger partial charge in [-0.05, 0) is 43.0 Å². The Balaban J connectivity index is 1.73. The molecular formula is C30H30N2O4. The lowest BCUT2D eigenvalue weighted by Gasteiger charge is -2.49. The van der Waals surface area contributed by atoms with Crippen molar-refractivity contribution in [3.05, 3.63) is 92.0 Å². The molecule has 0 spiro atoms. The summed E-state index contributed by atoms with van der Waals surface area (Å²) in [7, 11) is 3.52. The van der Waals surface area contributed by atoms with Gasteiger partial charge >= 0.3 is 0 Å². The van der Waals surface area contributed by atoms with Crippen molar-refractivity contribution in [2.24, 2.45) is 25.4 Å². The van der Waals surface area contributed by atoms with E-state index in [0.29, 0.717) is 22.2 Å². The van der Waals surface area contributed by atoms with Gasteiger partial charge in [0.05, 0.1) is 16.6 Å². The molecule has 6 heteroatoms. The number of nitrogens with zero attached hydrogens (tertiary/aromatic N) is 2. The Morgan fingerprint density at radius 2 is 1.44 bits per heavy atom. The molecule has 36 heavy (non-hydrogen) atoms. The number of hydrogen-bond donors (Lipinski definition) is 1. The summed E-state index contributed by atoms with van der Waals surface area (Å²) in [6, 6.07) is 15.0. The standard InChI is InChI=1S/C30H30N2O4/c1-16-14-19-22-26(18-11-7-9-13-21(18)32(5)28(22)34)36-27(24(19)30(2,3)15-16)23-25(33)17-10-6-8-12-20(17)31(4)29(23)35/h6-14,19,24,27,33H,15H2,1-5H3/t19-,24-,27+/m0/s1. The molecule has 6 nitrogen and oxygen atoms in total. The molecule has 2 aromatic heterocycles. The zero-order chi connectivity index (χ0) is 25.5. The zero-order valence-corrected chi connectivity index (χ0v) is 21.2. The highest BCUT2D eigenvalue weighted by Crippen LogP contribution is 2.58. The maximum absolute atomic E-state index is 13.8. The van der Waals surface area contributed by atoms with Gasteiger partial charge in [-0.1, -0.05) is 49.8 Å². The van der Waals surface area contributed by atoms with Crippen LogP contribution in [0.1, 0.15) is 50.3 Å². The third-order valence-electron chi connectivity index (χ3n) is 8.28. The van der Waals surface area contributed by atoms with Crippen molar-refractivity contribution in [2.75, 3.05) is 0 Å². The number of rotatable bonds is 1. The first-order valence-electron chi connectivity index (χ1n) is 12.4. The van der Waals surface area contributed by atoms with Gasteiger partial charge in [-0.15, -0.1) is 0 Å². The van der Waals surface area contributed by atoms with E-state index in [1.807, 2.05) is 48.5 Å². The highest BCUT2D eigenvalue weighted by atomic mass is 16.5. The van der Waals surface area contributed by atoms with Gasteiger partial charge in [-0.2, -0.15) is 0 Å². The molecule has 6 rings (SSSR count). The predicted octanol–water partition coefficient (Wildman–Crippen LogP) is 5.31. The van der Waals surface area contributed by atoms with E-state index in [1.54, 1.807) is 23.2 Å². The summed E-state index contributed by atoms with van der Waals surface area (Å²) in [5, 5.41) is 12.9. The second-order valence-electron chi connectivity index (χ2n) is 11.0. The molecule has 1 aliphatic carbocycles. The van der Waals surface area contributed by atoms with Crippen LogP contribution in [0.5, 0.6) is 11.5 Å². The molecule has 3 atom stereocenters. The summed E-state index contributed by atoms with van der Waals surface area (Å²) in [5.74, 6) is -0.00358. The Bertz CT molecular complexity index is 1720. The third-order valence-corrected chi connectivity index (χ3v) is 8.28. The van der Waals surface area contributed by atoms with Crippen LogP contribution < -0.4 is 15.9 Å². The van der Waals surface area contributed by atoms with Crippen molar-refractivity contribution in [1.29, 1.82) is 0 Å². The van der Waals surface area contributed by atoms with Gasteiger partial charge in [-0.3, -0.25) is 9.59 Å². The lowest BCUT2D eigenvalue weighted by atomic mass is 9.59. The summed E-state index contributed by atoms with van der Waals surface area (Å²) < 4.78 is 10.0. The molecule has 3 heterocycles. The van der Waals surface area contributed by atoms with E-state index >= 15 is 0 Å². The van der Waals surface area contributed by atoms with Crippen LogP contribution in [0, 0.1) is 11.3 Å². The van der Waals surface area contributed by atoms with Crippen LogP contribution in [0.15, 0.2) is 69.8 Å². The van der Waals surface area contributed by atoms with E-state index in [9.17, 15) is 14.7 Å². The van der Waals surface area contributed by atoms with E-state index in [2.05, 4.69) is 26.8 Å². The molecule has 0 saturated heterocycles. The first-order valence-corrected chi connectivity index (χ1v) is 12.4. The van der Waals surface area contributed by atoms with Crippen molar-refractivity contribution in [3.63, 3.8) is 0 Å². The molecule has 0 radical (unpaired) electrons. The number of fused-ring (bicyclic) bond motifs is 6. The topological polar surface area (TPSA) is 73.5 Å². The minimum absolute atomic E-state index is 0.0453. The summed E-state index contributed by atoms with van der Waals surface area (Å²) in [5.41, 5.74) is 2.86. The van der Waals surface area contributed by atoms with Gasteiger partial charge in [0.25, 0.3) is 11.1 Å². The Morgan fingerprint density at radius 1 is 0.889 bits per heavy atom. The highest BCUT2D eigenvalue weighted by molar-refractivity contribution is 5.88. The van der Waals surface area contributed by atoms with Crippen LogP contribution >= 0.6 is 0 Å². The van der Waals surface area contributed by atoms with Crippen LogP contribution in [0.25, 0.3) is 21.8 Å². The SMILES string of the molecule is CC1=C[C@H]2c3c(c4ccccc4n(C)c3=O)O[C@H](c3c(O)c4ccccc4n(C)c3=O)[C@H]2C(C)(C)C1. The predicted molar refractivity (Wildman–Crippen MR) is 142 cm³/mol. The number of ether oxygens (including phenoxy) is 1. The van der Waals surface area contributed by atoms with Crippen LogP contribution in [0.2, 0.25) is 0 Å². The van der Waals surface area contributed by atoms with Gasteiger partial charge in [0.2, 0.25) is 0 Å². The van der Waals surface area contributed by atoms with Gasteiger partial charge in [0.15, 0.2) is 0 Å². The first kappa shape index (κ1) is 22.7. The molecule has 0 unspecified atom stereocenters. The minimum Gasteiger partial charge on any atom is -0.507 e. The number of para-hydroxylation sites is 2. The summed E-state index contributed by atoms with van der Waals surface area (Å²) in [6.45, 7) is 6.42. The smallest absolute Gasteiger partial charge is 0.261 e. The van der Waals surface area contributed by atoms with E-state index < -0.39 is 6.10 Å². The molecule has 1 N–H and O–H groups in total. The van der Waals surface area contributed by atoms with Gasteiger partial charge in [-0.25, -0.2) is 0 Å². The van der Waals surface area contributed by atoms with Crippen LogP contribution in [0.4, 0.5) is 0 Å². The average molecular weight is 483 g/mol. The number of aromatic hydroxyl groups is 1. The molecule has 0 bridgehead atoms. The maximum Gasteiger partial charge on any atom is 0.261 e. The van der Waals surface area contributed by atoms with Crippen LogP contribution in [-0.4, -0.2) is 14.2 Å². The molecule has 2 aromatic carbocycles. The summed E-state index contributed by atoms with van der Waals surface area (Å²) in [4.78, 5) is 27.5. The normalized spacial score (nSPS) is 22.6. The quantitative estimate of drug-likeness (QED) is 0.374. The molecule has 1 aliphatic heterocycles. The highest BCUT2D eigenvalue weighted by Gasteiger charge is 2.51. The van der Waals surface area contributed by atoms with Gasteiger partial charge in [0.1, 0.15) is 23.2 Å².